The van der Waals surface area contributed by atoms with Gasteiger partial charge < -0.3 is 14.7 Å². The first-order chi connectivity index (χ1) is 16.0. The maximum Gasteiger partial charge on any atom is 0.295 e. The summed E-state index contributed by atoms with van der Waals surface area (Å²) in [7, 11) is 0.709. The van der Waals surface area contributed by atoms with Crippen LogP contribution in [0.4, 0.5) is 0 Å². The first kappa shape index (κ1) is 25.6. The van der Waals surface area contributed by atoms with E-state index >= 15 is 0 Å². The Morgan fingerprint density at radius 1 is 1.06 bits per heavy atom. The lowest BCUT2D eigenvalue weighted by Crippen LogP contribution is -2.32. The number of hydrogen-bond acceptors (Lipinski definition) is 6. The number of carbonyl (C=O) groups is 2. The van der Waals surface area contributed by atoms with Gasteiger partial charge in [-0.15, -0.1) is 0 Å². The number of nitrogens with zero attached hydrogens (tertiary/aromatic N) is 2. The number of ketones is 1. The summed E-state index contributed by atoms with van der Waals surface area (Å²) >= 11 is 0. The molecule has 1 heterocycles. The van der Waals surface area contributed by atoms with Crippen molar-refractivity contribution in [3.63, 3.8) is 0 Å². The van der Waals surface area contributed by atoms with E-state index in [4.69, 9.17) is 4.74 Å². The molecule has 1 N–H and O–H groups in total. The summed E-state index contributed by atoms with van der Waals surface area (Å²) in [5.74, 6) is -1.56. The van der Waals surface area contributed by atoms with Crippen LogP contribution in [0.2, 0.25) is 0 Å². The quantitative estimate of drug-likeness (QED) is 0.349. The van der Waals surface area contributed by atoms with E-state index in [0.717, 1.165) is 9.87 Å². The average Bonchev–Trinajstić information content (AvgIpc) is 3.07. The average molecular weight is 487 g/mol. The molecule has 0 aromatic heterocycles. The van der Waals surface area contributed by atoms with Crippen molar-refractivity contribution in [2.45, 2.75) is 30.7 Å². The first-order valence-corrected chi connectivity index (χ1v) is 12.3. The third-order valence-electron chi connectivity index (χ3n) is 5.90. The Balaban J connectivity index is 2.11. The molecule has 0 radical (unpaired) electrons. The van der Waals surface area contributed by atoms with Crippen LogP contribution in [0.3, 0.4) is 0 Å². The lowest BCUT2D eigenvalue weighted by molar-refractivity contribution is -0.140. The van der Waals surface area contributed by atoms with E-state index in [2.05, 4.69) is 13.8 Å². The highest BCUT2D eigenvalue weighted by Gasteiger charge is 2.45. The highest BCUT2D eigenvalue weighted by Crippen LogP contribution is 2.39. The lowest BCUT2D eigenvalue weighted by atomic mass is 9.93. The predicted octanol–water partition coefficient (Wildman–Crippen LogP) is 3.13. The number of rotatable bonds is 8. The van der Waals surface area contributed by atoms with Gasteiger partial charge in [-0.05, 0) is 41.3 Å². The van der Waals surface area contributed by atoms with Crippen LogP contribution < -0.4 is 0 Å². The molecule has 8 nitrogen and oxygen atoms in total. The number of aliphatic hydroxyl groups excluding tert-OH is 1. The van der Waals surface area contributed by atoms with Crippen LogP contribution in [0.25, 0.3) is 5.76 Å². The molecule has 34 heavy (non-hydrogen) atoms. The van der Waals surface area contributed by atoms with Gasteiger partial charge in [-0.2, -0.15) is 0 Å². The Kier molecular flexibility index (Phi) is 7.60. The van der Waals surface area contributed by atoms with Gasteiger partial charge in [0.15, 0.2) is 0 Å². The summed E-state index contributed by atoms with van der Waals surface area (Å²) in [4.78, 5) is 27.3. The standard InChI is InChI=1S/C25H30N2O6S/c1-16(2)17-6-8-18(9-7-17)22-21(24(29)25(30)27(22)14-15-33-5)23(28)19-10-12-20(13-11-19)34(31,32)26(3)4/h6-13,16,22,28H,14-15H2,1-5H3/b23-21+. The van der Waals surface area contributed by atoms with Gasteiger partial charge in [0.2, 0.25) is 10.0 Å². The van der Waals surface area contributed by atoms with Crippen LogP contribution in [0.1, 0.15) is 42.5 Å². The molecule has 0 bridgehead atoms. The number of aliphatic hydroxyl groups is 1. The van der Waals surface area contributed by atoms with Gasteiger partial charge in [0.05, 0.1) is 23.1 Å². The molecule has 1 aliphatic rings. The van der Waals surface area contributed by atoms with Crippen LogP contribution in [0.5, 0.6) is 0 Å². The van der Waals surface area contributed by atoms with Crippen molar-refractivity contribution in [2.75, 3.05) is 34.4 Å². The molecule has 1 unspecified atom stereocenters. The molecule has 1 aliphatic heterocycles. The normalized spacial score (nSPS) is 18.3. The molecule has 1 amide bonds. The maximum atomic E-state index is 13.0. The summed E-state index contributed by atoms with van der Waals surface area (Å²) in [6, 6.07) is 12.4. The molecular formula is C25H30N2O6S. The van der Waals surface area contributed by atoms with Crippen LogP contribution >= 0.6 is 0 Å². The number of hydrogen-bond donors (Lipinski definition) is 1. The molecule has 1 fully saturated rings. The molecule has 0 aliphatic carbocycles. The minimum Gasteiger partial charge on any atom is -0.507 e. The van der Waals surface area contributed by atoms with E-state index in [1.807, 2.05) is 24.3 Å². The summed E-state index contributed by atoms with van der Waals surface area (Å²) in [5, 5.41) is 11.1. The van der Waals surface area contributed by atoms with Crippen LogP contribution in [0, 0.1) is 0 Å². The highest BCUT2D eigenvalue weighted by atomic mass is 32.2. The van der Waals surface area contributed by atoms with Crippen LogP contribution in [0.15, 0.2) is 59.0 Å². The van der Waals surface area contributed by atoms with Crippen LogP contribution in [-0.4, -0.2) is 68.8 Å². The van der Waals surface area contributed by atoms with Gasteiger partial charge in [-0.3, -0.25) is 9.59 Å². The third kappa shape index (κ3) is 4.77. The Labute approximate surface area is 200 Å². The maximum absolute atomic E-state index is 13.0. The smallest absolute Gasteiger partial charge is 0.295 e. The molecular weight excluding hydrogens is 456 g/mol. The summed E-state index contributed by atoms with van der Waals surface area (Å²) < 4.78 is 30.9. The van der Waals surface area contributed by atoms with E-state index in [9.17, 15) is 23.1 Å². The second-order valence-electron chi connectivity index (χ2n) is 8.62. The Bertz CT molecular complexity index is 1200. The van der Waals surface area contributed by atoms with Gasteiger partial charge in [0.1, 0.15) is 5.76 Å². The number of ether oxygens (including phenoxy) is 1. The second-order valence-corrected chi connectivity index (χ2v) is 10.8. The SMILES string of the molecule is COCCN1C(=O)C(=O)/C(=C(/O)c2ccc(S(=O)(=O)N(C)C)cc2)C1c1ccc(C(C)C)cc1. The Morgan fingerprint density at radius 3 is 2.15 bits per heavy atom. The predicted molar refractivity (Wildman–Crippen MR) is 129 cm³/mol. The van der Waals surface area contributed by atoms with E-state index in [1.165, 1.54) is 50.4 Å². The van der Waals surface area contributed by atoms with Gasteiger partial charge in [-0.25, -0.2) is 12.7 Å². The molecule has 2 aromatic carbocycles. The summed E-state index contributed by atoms with van der Waals surface area (Å²) in [6.45, 7) is 4.54. The first-order valence-electron chi connectivity index (χ1n) is 10.9. The number of benzene rings is 2. The van der Waals surface area contributed by atoms with Crippen molar-refractivity contribution < 1.29 is 27.9 Å². The van der Waals surface area contributed by atoms with Crippen LogP contribution in [-0.2, 0) is 24.3 Å². The van der Waals surface area contributed by atoms with Crippen molar-refractivity contribution in [1.29, 1.82) is 0 Å². The number of sulfonamides is 1. The topological polar surface area (TPSA) is 104 Å². The van der Waals surface area contributed by atoms with Crippen molar-refractivity contribution >= 4 is 27.5 Å². The van der Waals surface area contributed by atoms with Crippen molar-refractivity contribution in [1.82, 2.24) is 9.21 Å². The molecule has 3 rings (SSSR count). The zero-order chi connectivity index (χ0) is 25.2. The molecule has 9 heteroatoms. The fourth-order valence-corrected chi connectivity index (χ4v) is 4.76. The Hall–Kier alpha value is -3.01. The monoisotopic (exact) mass is 486 g/mol. The van der Waals surface area contributed by atoms with E-state index in [1.54, 1.807) is 0 Å². The largest absolute Gasteiger partial charge is 0.507 e. The zero-order valence-electron chi connectivity index (χ0n) is 20.0. The van der Waals surface area contributed by atoms with Gasteiger partial charge in [0, 0.05) is 33.3 Å². The van der Waals surface area contributed by atoms with Crippen molar-refractivity contribution in [3.8, 4) is 0 Å². The minimum absolute atomic E-state index is 0.0402. The summed E-state index contributed by atoms with van der Waals surface area (Å²) in [6.07, 6.45) is 0. The van der Waals surface area contributed by atoms with E-state index < -0.39 is 27.8 Å². The molecule has 1 saturated heterocycles. The fourth-order valence-electron chi connectivity index (χ4n) is 3.86. The van der Waals surface area contributed by atoms with Gasteiger partial charge >= 0.3 is 0 Å². The van der Waals surface area contributed by atoms with Gasteiger partial charge in [-0.1, -0.05) is 38.1 Å². The summed E-state index contributed by atoms with van der Waals surface area (Å²) in [5.41, 5.74) is 2.00. The number of carbonyl (C=O) groups excluding carboxylic acids is 2. The van der Waals surface area contributed by atoms with Crippen molar-refractivity contribution in [3.05, 3.63) is 70.8 Å². The minimum atomic E-state index is -3.65. The number of likely N-dealkylation sites (tertiary alicyclic amines) is 1. The molecule has 0 saturated carbocycles. The zero-order valence-corrected chi connectivity index (χ0v) is 20.8. The Morgan fingerprint density at radius 2 is 1.65 bits per heavy atom. The second kappa shape index (κ2) is 10.1. The number of Topliss-reactive ketones (excluding diaryl/α,β-unsaturated/α-hetero) is 1. The lowest BCUT2D eigenvalue weighted by Gasteiger charge is -2.25. The molecule has 0 spiro atoms. The fraction of sp³-hybridized carbons (Fsp3) is 0.360. The van der Waals surface area contributed by atoms with Crippen molar-refractivity contribution in [2.24, 2.45) is 0 Å². The molecule has 2 aromatic rings. The molecule has 182 valence electrons. The van der Waals surface area contributed by atoms with E-state index in [-0.39, 0.29) is 34.9 Å². The van der Waals surface area contributed by atoms with E-state index in [0.29, 0.717) is 11.5 Å². The van der Waals surface area contributed by atoms with Gasteiger partial charge in [0.25, 0.3) is 11.7 Å². The number of amides is 1. The third-order valence-corrected chi connectivity index (χ3v) is 7.73. The highest BCUT2D eigenvalue weighted by molar-refractivity contribution is 7.89. The molecule has 1 atom stereocenters. The number of methoxy groups -OCH3 is 1.